The molecule has 0 bridgehead atoms. The molecular weight excluding hydrogens is 287 g/mol. The Labute approximate surface area is 108 Å². The Morgan fingerprint density at radius 2 is 1.95 bits per heavy atom. The van der Waals surface area contributed by atoms with Gasteiger partial charge in [-0.3, -0.25) is 4.72 Å². The van der Waals surface area contributed by atoms with Crippen LogP contribution in [0.25, 0.3) is 0 Å². The number of aliphatic hydroxyl groups is 1. The number of benzene rings is 1. The second-order valence-electron chi connectivity index (χ2n) is 3.68. The highest BCUT2D eigenvalue weighted by atomic mass is 32.2. The van der Waals surface area contributed by atoms with E-state index in [0.717, 1.165) is 12.1 Å². The molecule has 0 amide bonds. The zero-order valence-corrected chi connectivity index (χ0v) is 10.6. The van der Waals surface area contributed by atoms with Crippen LogP contribution in [0.4, 0.5) is 18.9 Å². The van der Waals surface area contributed by atoms with Gasteiger partial charge in [0, 0.05) is 0 Å². The number of sulfonamides is 1. The fourth-order valence-corrected chi connectivity index (χ4v) is 1.99. The highest BCUT2D eigenvalue weighted by molar-refractivity contribution is 7.93. The maximum Gasteiger partial charge on any atom is 0.573 e. The van der Waals surface area contributed by atoms with E-state index in [4.69, 9.17) is 5.11 Å². The van der Waals surface area contributed by atoms with Gasteiger partial charge in [-0.05, 0) is 19.1 Å². The normalized spacial score (nSPS) is 13.9. The summed E-state index contributed by atoms with van der Waals surface area (Å²) < 4.78 is 65.4. The van der Waals surface area contributed by atoms with Crippen molar-refractivity contribution in [3.05, 3.63) is 24.3 Å². The smallest absolute Gasteiger partial charge is 0.404 e. The van der Waals surface area contributed by atoms with Crippen LogP contribution in [0.2, 0.25) is 0 Å². The average molecular weight is 299 g/mol. The molecule has 2 N–H and O–H groups in total. The van der Waals surface area contributed by atoms with E-state index >= 15 is 0 Å². The summed E-state index contributed by atoms with van der Waals surface area (Å²) in [5, 5.41) is 7.61. The van der Waals surface area contributed by atoms with Crippen molar-refractivity contribution >= 4 is 15.7 Å². The molecule has 0 saturated carbocycles. The molecule has 5 nitrogen and oxygen atoms in total. The van der Waals surface area contributed by atoms with E-state index in [1.807, 2.05) is 4.72 Å². The minimum absolute atomic E-state index is 0.347. The number of rotatable bonds is 5. The molecule has 108 valence electrons. The van der Waals surface area contributed by atoms with Gasteiger partial charge in [0.2, 0.25) is 10.0 Å². The van der Waals surface area contributed by atoms with E-state index in [1.54, 1.807) is 0 Å². The van der Waals surface area contributed by atoms with Gasteiger partial charge >= 0.3 is 6.36 Å². The molecular formula is C10H12F3NO4S. The maximum absolute atomic E-state index is 12.1. The van der Waals surface area contributed by atoms with Crippen LogP contribution in [0.3, 0.4) is 0 Å². The molecule has 9 heteroatoms. The topological polar surface area (TPSA) is 75.6 Å². The van der Waals surface area contributed by atoms with Crippen molar-refractivity contribution in [2.45, 2.75) is 18.5 Å². The molecule has 0 spiro atoms. The minimum Gasteiger partial charge on any atom is -0.404 e. The number of nitrogens with one attached hydrogen (secondary N) is 1. The van der Waals surface area contributed by atoms with Gasteiger partial charge in [-0.2, -0.15) is 0 Å². The van der Waals surface area contributed by atoms with Gasteiger partial charge in [-0.25, -0.2) is 8.42 Å². The summed E-state index contributed by atoms with van der Waals surface area (Å²) in [7, 11) is -3.99. The second kappa shape index (κ2) is 5.66. The predicted octanol–water partition coefficient (Wildman–Crippen LogP) is 1.71. The van der Waals surface area contributed by atoms with Gasteiger partial charge in [-0.1, -0.05) is 12.1 Å². The largest absolute Gasteiger partial charge is 0.573 e. The summed E-state index contributed by atoms with van der Waals surface area (Å²) in [5.41, 5.74) is -0.347. The zero-order valence-electron chi connectivity index (χ0n) is 9.81. The van der Waals surface area contributed by atoms with Crippen molar-refractivity contribution in [2.75, 3.05) is 11.3 Å². The fourth-order valence-electron chi connectivity index (χ4n) is 1.12. The molecule has 0 saturated heterocycles. The predicted molar refractivity (Wildman–Crippen MR) is 62.2 cm³/mol. The van der Waals surface area contributed by atoms with Crippen LogP contribution in [-0.4, -0.2) is 31.7 Å². The first-order chi connectivity index (χ1) is 8.65. The number of para-hydroxylation sites is 2. The Morgan fingerprint density at radius 3 is 2.47 bits per heavy atom. The van der Waals surface area contributed by atoms with Gasteiger partial charge in [0.15, 0.2) is 5.75 Å². The van der Waals surface area contributed by atoms with E-state index in [2.05, 4.69) is 4.74 Å². The molecule has 0 fully saturated rings. The highest BCUT2D eigenvalue weighted by Crippen LogP contribution is 2.30. The molecule has 0 aliphatic heterocycles. The van der Waals surface area contributed by atoms with Gasteiger partial charge in [0.1, 0.15) is 5.25 Å². The van der Waals surface area contributed by atoms with Crippen LogP contribution < -0.4 is 9.46 Å². The molecule has 1 rings (SSSR count). The van der Waals surface area contributed by atoms with E-state index < -0.39 is 34.0 Å². The lowest BCUT2D eigenvalue weighted by atomic mass is 10.3. The van der Waals surface area contributed by atoms with E-state index in [-0.39, 0.29) is 5.69 Å². The monoisotopic (exact) mass is 299 g/mol. The summed E-state index contributed by atoms with van der Waals surface area (Å²) in [6.45, 7) is 0.563. The SMILES string of the molecule is CC(CO)S(=O)(=O)Nc1ccccc1OC(F)(F)F. The number of halogens is 3. The first-order valence-electron chi connectivity index (χ1n) is 5.13. The lowest BCUT2D eigenvalue weighted by Gasteiger charge is -2.16. The molecule has 1 aromatic carbocycles. The summed E-state index contributed by atoms with van der Waals surface area (Å²) in [4.78, 5) is 0. The molecule has 19 heavy (non-hydrogen) atoms. The number of aliphatic hydroxyl groups excluding tert-OH is 1. The summed E-state index contributed by atoms with van der Waals surface area (Å²) >= 11 is 0. The lowest BCUT2D eigenvalue weighted by Crippen LogP contribution is -2.28. The second-order valence-corrected chi connectivity index (χ2v) is 5.78. The maximum atomic E-state index is 12.1. The summed E-state index contributed by atoms with van der Waals surface area (Å²) in [6, 6.07) is 4.73. The first kappa shape index (κ1) is 15.6. The fraction of sp³-hybridized carbons (Fsp3) is 0.400. The van der Waals surface area contributed by atoms with Crippen LogP contribution in [0.5, 0.6) is 5.75 Å². The lowest BCUT2D eigenvalue weighted by molar-refractivity contribution is -0.274. The van der Waals surface area contributed by atoms with Crippen LogP contribution in [0, 0.1) is 0 Å². The zero-order chi connectivity index (χ0) is 14.7. The molecule has 0 aromatic heterocycles. The first-order valence-corrected chi connectivity index (χ1v) is 6.67. The van der Waals surface area contributed by atoms with Crippen molar-refractivity contribution < 1.29 is 31.4 Å². The van der Waals surface area contributed by atoms with Gasteiger partial charge < -0.3 is 9.84 Å². The minimum atomic E-state index is -4.93. The van der Waals surface area contributed by atoms with Crippen LogP contribution in [0.15, 0.2) is 24.3 Å². The van der Waals surface area contributed by atoms with Crippen molar-refractivity contribution in [3.8, 4) is 5.75 Å². The Kier molecular flexibility index (Phi) is 4.64. The molecule has 0 aliphatic carbocycles. The Bertz CT molecular complexity index is 530. The molecule has 1 aromatic rings. The third-order valence-corrected chi connectivity index (χ3v) is 3.86. The standard InChI is InChI=1S/C10H12F3NO4S/c1-7(6-15)19(16,17)14-8-4-2-3-5-9(8)18-10(11,12)13/h2-5,7,14-15H,6H2,1H3. The van der Waals surface area contributed by atoms with Crippen LogP contribution >= 0.6 is 0 Å². The van der Waals surface area contributed by atoms with Crippen molar-refractivity contribution in [3.63, 3.8) is 0 Å². The van der Waals surface area contributed by atoms with Gasteiger partial charge in [0.25, 0.3) is 0 Å². The van der Waals surface area contributed by atoms with Crippen LogP contribution in [-0.2, 0) is 10.0 Å². The van der Waals surface area contributed by atoms with E-state index in [0.29, 0.717) is 0 Å². The number of hydrogen-bond donors (Lipinski definition) is 2. The van der Waals surface area contributed by atoms with Crippen LogP contribution in [0.1, 0.15) is 6.92 Å². The molecule has 0 aliphatic rings. The third kappa shape index (κ3) is 4.60. The molecule has 0 heterocycles. The van der Waals surface area contributed by atoms with Gasteiger partial charge in [-0.15, -0.1) is 13.2 Å². The number of hydrogen-bond acceptors (Lipinski definition) is 4. The summed E-state index contributed by atoms with van der Waals surface area (Å²) in [6.07, 6.45) is -4.93. The molecule has 1 atom stereocenters. The van der Waals surface area contributed by atoms with Crippen molar-refractivity contribution in [2.24, 2.45) is 0 Å². The third-order valence-electron chi connectivity index (χ3n) is 2.15. The van der Waals surface area contributed by atoms with Gasteiger partial charge in [0.05, 0.1) is 12.3 Å². The van der Waals surface area contributed by atoms with Crippen molar-refractivity contribution in [1.82, 2.24) is 0 Å². The summed E-state index contributed by atoms with van der Waals surface area (Å²) in [5.74, 6) is -0.663. The van der Waals surface area contributed by atoms with E-state index in [9.17, 15) is 21.6 Å². The number of ether oxygens (including phenoxy) is 1. The average Bonchev–Trinajstić information content (AvgIpc) is 2.28. The molecule has 0 radical (unpaired) electrons. The Balaban J connectivity index is 3.02. The molecule has 1 unspecified atom stereocenters. The highest BCUT2D eigenvalue weighted by Gasteiger charge is 2.32. The Morgan fingerprint density at radius 1 is 1.37 bits per heavy atom. The Hall–Kier alpha value is -1.48. The number of anilines is 1. The van der Waals surface area contributed by atoms with E-state index in [1.165, 1.54) is 19.1 Å². The van der Waals surface area contributed by atoms with Crippen molar-refractivity contribution in [1.29, 1.82) is 0 Å². The number of alkyl halides is 3. The quantitative estimate of drug-likeness (QED) is 0.868.